The van der Waals surface area contributed by atoms with Gasteiger partial charge in [0.25, 0.3) is 5.56 Å². The highest BCUT2D eigenvalue weighted by atomic mass is 32.1. The first-order valence-electron chi connectivity index (χ1n) is 10.3. The van der Waals surface area contributed by atoms with Crippen LogP contribution < -0.4 is 5.56 Å². The number of hydrogen-bond donors (Lipinski definition) is 2. The van der Waals surface area contributed by atoms with Gasteiger partial charge in [-0.1, -0.05) is 6.08 Å². The van der Waals surface area contributed by atoms with E-state index in [9.17, 15) is 9.90 Å². The maximum absolute atomic E-state index is 12.7. The van der Waals surface area contributed by atoms with Crippen molar-refractivity contribution >= 4 is 21.6 Å². The first-order chi connectivity index (χ1) is 14.6. The van der Waals surface area contributed by atoms with Gasteiger partial charge in [-0.2, -0.15) is 0 Å². The molecule has 0 amide bonds. The Morgan fingerprint density at radius 3 is 3.10 bits per heavy atom. The van der Waals surface area contributed by atoms with E-state index < -0.39 is 6.10 Å². The number of furan rings is 1. The van der Waals surface area contributed by atoms with Gasteiger partial charge in [-0.3, -0.25) is 9.69 Å². The smallest absolute Gasteiger partial charge is 0.259 e. The van der Waals surface area contributed by atoms with Crippen LogP contribution >= 0.6 is 11.3 Å². The van der Waals surface area contributed by atoms with Gasteiger partial charge in [0.05, 0.1) is 30.9 Å². The van der Waals surface area contributed by atoms with Crippen LogP contribution in [0.5, 0.6) is 0 Å². The molecule has 8 heteroatoms. The van der Waals surface area contributed by atoms with Gasteiger partial charge in [0.2, 0.25) is 0 Å². The minimum absolute atomic E-state index is 0.0599. The fourth-order valence-electron chi connectivity index (χ4n) is 3.92. The Morgan fingerprint density at radius 1 is 1.43 bits per heavy atom. The maximum Gasteiger partial charge on any atom is 0.259 e. The summed E-state index contributed by atoms with van der Waals surface area (Å²) in [6, 6.07) is 3.63. The fraction of sp³-hybridized carbons (Fsp3) is 0.455. The number of aliphatic hydroxyl groups is 1. The van der Waals surface area contributed by atoms with Gasteiger partial charge in [0.1, 0.15) is 23.0 Å². The average Bonchev–Trinajstić information content (AvgIpc) is 3.35. The number of aryl methyl sites for hydroxylation is 2. The molecule has 1 unspecified atom stereocenters. The molecule has 1 aliphatic carbocycles. The molecule has 2 N–H and O–H groups in total. The van der Waals surface area contributed by atoms with Crippen LogP contribution in [0.15, 0.2) is 40.3 Å². The summed E-state index contributed by atoms with van der Waals surface area (Å²) in [6.45, 7) is 5.68. The zero-order valence-electron chi connectivity index (χ0n) is 16.9. The number of H-pyrrole nitrogens is 1. The van der Waals surface area contributed by atoms with Crippen molar-refractivity contribution in [2.75, 3.05) is 19.7 Å². The van der Waals surface area contributed by atoms with Crippen molar-refractivity contribution in [1.82, 2.24) is 14.9 Å². The third-order valence-electron chi connectivity index (χ3n) is 5.24. The largest absolute Gasteiger partial charge is 0.467 e. The number of nitrogens with zero attached hydrogens (tertiary/aromatic N) is 2. The van der Waals surface area contributed by atoms with Crippen LogP contribution in [0.4, 0.5) is 0 Å². The summed E-state index contributed by atoms with van der Waals surface area (Å²) < 4.78 is 10.7. The number of nitrogens with one attached hydrogen (secondary N) is 1. The highest BCUT2D eigenvalue weighted by Crippen LogP contribution is 2.33. The van der Waals surface area contributed by atoms with Crippen molar-refractivity contribution in [3.8, 4) is 0 Å². The molecule has 4 rings (SSSR count). The van der Waals surface area contributed by atoms with Crippen LogP contribution in [-0.4, -0.2) is 45.8 Å². The monoisotopic (exact) mass is 429 g/mol. The minimum Gasteiger partial charge on any atom is -0.467 e. The predicted molar refractivity (Wildman–Crippen MR) is 117 cm³/mol. The molecule has 1 aliphatic rings. The van der Waals surface area contributed by atoms with Crippen molar-refractivity contribution in [3.63, 3.8) is 0 Å². The lowest BCUT2D eigenvalue weighted by atomic mass is 9.97. The van der Waals surface area contributed by atoms with Gasteiger partial charge < -0.3 is 19.2 Å². The third-order valence-corrected chi connectivity index (χ3v) is 6.42. The minimum atomic E-state index is -0.676. The number of aromatic amines is 1. The number of hydrogen-bond acceptors (Lipinski definition) is 7. The Labute approximate surface area is 179 Å². The summed E-state index contributed by atoms with van der Waals surface area (Å²) in [5.74, 6) is 1.33. The van der Waals surface area contributed by atoms with Crippen LogP contribution in [-0.2, 0) is 30.7 Å². The van der Waals surface area contributed by atoms with E-state index in [4.69, 9.17) is 14.1 Å². The SMILES string of the molecule is C=CCN(Cc1nc2sc3c(c2c(=O)[nH]1)CCCC3)CC(O)COCc1ccco1. The first kappa shape index (κ1) is 21.0. The lowest BCUT2D eigenvalue weighted by molar-refractivity contribution is 0.00528. The molecule has 0 fully saturated rings. The summed E-state index contributed by atoms with van der Waals surface area (Å²) in [4.78, 5) is 24.5. The van der Waals surface area contributed by atoms with Gasteiger partial charge in [0, 0.05) is 18.0 Å². The standard InChI is InChI=1S/C22H27N3O4S/c1-2-9-25(11-15(26)13-28-14-16-6-5-10-29-16)12-19-23-21(27)20-17-7-3-4-8-18(17)30-22(20)24-19/h2,5-6,10,15,26H,1,3-4,7-9,11-14H2,(H,23,24,27). The van der Waals surface area contributed by atoms with Crippen molar-refractivity contribution in [2.45, 2.75) is 44.9 Å². The second-order valence-corrected chi connectivity index (χ2v) is 8.72. The number of thiophene rings is 1. The van der Waals surface area contributed by atoms with E-state index in [0.717, 1.165) is 35.2 Å². The zero-order valence-corrected chi connectivity index (χ0v) is 17.7. The molecule has 0 aromatic carbocycles. The van der Waals surface area contributed by atoms with Crippen molar-refractivity contribution in [1.29, 1.82) is 0 Å². The van der Waals surface area contributed by atoms with E-state index in [1.807, 2.05) is 11.0 Å². The number of aliphatic hydroxyl groups excluding tert-OH is 1. The van der Waals surface area contributed by atoms with Crippen molar-refractivity contribution in [2.24, 2.45) is 0 Å². The van der Waals surface area contributed by atoms with Crippen LogP contribution in [0, 0.1) is 0 Å². The highest BCUT2D eigenvalue weighted by molar-refractivity contribution is 7.18. The normalized spacial score (nSPS) is 14.9. The van der Waals surface area contributed by atoms with Crippen molar-refractivity contribution < 1.29 is 14.3 Å². The van der Waals surface area contributed by atoms with Crippen LogP contribution in [0.1, 0.15) is 34.9 Å². The van der Waals surface area contributed by atoms with E-state index in [2.05, 4.69) is 11.6 Å². The average molecular weight is 430 g/mol. The summed E-state index contributed by atoms with van der Waals surface area (Å²) >= 11 is 1.64. The van der Waals surface area contributed by atoms with Crippen LogP contribution in [0.25, 0.3) is 10.2 Å². The Bertz CT molecular complexity index is 1040. The van der Waals surface area contributed by atoms with Gasteiger partial charge in [-0.25, -0.2) is 4.98 Å². The molecule has 0 radical (unpaired) electrons. The van der Waals surface area contributed by atoms with E-state index in [1.54, 1.807) is 29.7 Å². The second kappa shape index (κ2) is 9.70. The lowest BCUT2D eigenvalue weighted by Gasteiger charge is -2.23. The summed E-state index contributed by atoms with van der Waals surface area (Å²) in [5.41, 5.74) is 1.13. The number of fused-ring (bicyclic) bond motifs is 3. The van der Waals surface area contributed by atoms with Gasteiger partial charge >= 0.3 is 0 Å². The Kier molecular flexibility index (Phi) is 6.79. The molecule has 1 atom stereocenters. The van der Waals surface area contributed by atoms with Gasteiger partial charge in [-0.15, -0.1) is 17.9 Å². The van der Waals surface area contributed by atoms with E-state index in [-0.39, 0.29) is 12.2 Å². The summed E-state index contributed by atoms with van der Waals surface area (Å²) in [7, 11) is 0. The number of rotatable bonds is 10. The quantitative estimate of drug-likeness (QED) is 0.482. The molecule has 3 aromatic rings. The summed E-state index contributed by atoms with van der Waals surface area (Å²) in [6.07, 6.45) is 7.01. The van der Waals surface area contributed by atoms with Gasteiger partial charge in [-0.05, 0) is 43.4 Å². The summed E-state index contributed by atoms with van der Waals surface area (Å²) in [5, 5.41) is 11.1. The molecule has 0 saturated heterocycles. The molecule has 160 valence electrons. The predicted octanol–water partition coefficient (Wildman–Crippen LogP) is 3.02. The molecular formula is C22H27N3O4S. The van der Waals surface area contributed by atoms with Crippen molar-refractivity contribution in [3.05, 3.63) is 63.4 Å². The molecule has 30 heavy (non-hydrogen) atoms. The highest BCUT2D eigenvalue weighted by Gasteiger charge is 2.20. The zero-order chi connectivity index (χ0) is 20.9. The molecular weight excluding hydrogens is 402 g/mol. The lowest BCUT2D eigenvalue weighted by Crippen LogP contribution is -2.35. The van der Waals surface area contributed by atoms with Crippen LogP contribution in [0.3, 0.4) is 0 Å². The van der Waals surface area contributed by atoms with Crippen LogP contribution in [0.2, 0.25) is 0 Å². The second-order valence-electron chi connectivity index (χ2n) is 7.63. The number of aromatic nitrogens is 2. The van der Waals surface area contributed by atoms with E-state index >= 15 is 0 Å². The molecule has 0 spiro atoms. The molecule has 0 bridgehead atoms. The Hall–Kier alpha value is -2.26. The van der Waals surface area contributed by atoms with E-state index in [1.165, 1.54) is 16.9 Å². The van der Waals surface area contributed by atoms with Gasteiger partial charge in [0.15, 0.2) is 0 Å². The molecule has 7 nitrogen and oxygen atoms in total. The molecule has 0 aliphatic heterocycles. The Morgan fingerprint density at radius 2 is 2.30 bits per heavy atom. The van der Waals surface area contributed by atoms with E-state index in [0.29, 0.717) is 32.1 Å². The fourth-order valence-corrected chi connectivity index (χ4v) is 5.20. The maximum atomic E-state index is 12.7. The topological polar surface area (TPSA) is 91.6 Å². The first-order valence-corrected chi connectivity index (χ1v) is 11.1. The Balaban J connectivity index is 1.41. The molecule has 0 saturated carbocycles. The number of ether oxygens (including phenoxy) is 1. The third kappa shape index (κ3) is 4.89. The molecule has 3 heterocycles. The molecule has 3 aromatic heterocycles.